The van der Waals surface area contributed by atoms with Crippen LogP contribution in [0.25, 0.3) is 0 Å². The highest BCUT2D eigenvalue weighted by Gasteiger charge is 2.31. The second-order valence-electron chi connectivity index (χ2n) is 7.53. The second-order valence-corrected chi connectivity index (χ2v) is 8.44. The van der Waals surface area contributed by atoms with E-state index >= 15 is 0 Å². The number of halogens is 2. The molecule has 0 aromatic heterocycles. The van der Waals surface area contributed by atoms with Gasteiger partial charge in [0, 0.05) is 28.3 Å². The third-order valence-electron chi connectivity index (χ3n) is 5.44. The molecular formula is C25H22BrFN4O2. The van der Waals surface area contributed by atoms with E-state index in [1.807, 2.05) is 19.1 Å². The van der Waals surface area contributed by atoms with Crippen LogP contribution in [0.3, 0.4) is 0 Å². The molecule has 6 nitrogen and oxygen atoms in total. The number of hydrogen-bond acceptors (Lipinski definition) is 3. The van der Waals surface area contributed by atoms with Crippen molar-refractivity contribution in [2.75, 3.05) is 17.3 Å². The minimum atomic E-state index is -1.24. The number of benzene rings is 3. The number of nitrogens with one attached hydrogen (secondary N) is 2. The highest BCUT2D eigenvalue weighted by molar-refractivity contribution is 9.10. The number of benzodiazepines with no additional fused rings is 1. The largest absolute Gasteiger partial charge is 0.321 e. The molecule has 3 aromatic carbocycles. The lowest BCUT2D eigenvalue weighted by Crippen LogP contribution is -2.47. The van der Waals surface area contributed by atoms with E-state index < -0.39 is 23.9 Å². The first-order chi connectivity index (χ1) is 15.9. The number of rotatable bonds is 4. The number of amides is 3. The maximum Gasteiger partial charge on any atom is 0.321 e. The molecule has 1 unspecified atom stereocenters. The maximum absolute atomic E-state index is 14.7. The molecule has 8 heteroatoms. The molecule has 1 aliphatic rings. The Bertz CT molecular complexity index is 1260. The summed E-state index contributed by atoms with van der Waals surface area (Å²) in [5, 5.41) is 5.44. The van der Waals surface area contributed by atoms with Crippen LogP contribution >= 0.6 is 15.9 Å². The minimum Gasteiger partial charge on any atom is -0.311 e. The number of hydrogen-bond donors (Lipinski definition) is 2. The van der Waals surface area contributed by atoms with Crippen molar-refractivity contribution in [2.24, 2.45) is 4.99 Å². The molecule has 33 heavy (non-hydrogen) atoms. The van der Waals surface area contributed by atoms with Crippen molar-refractivity contribution in [3.05, 3.63) is 93.7 Å². The van der Waals surface area contributed by atoms with E-state index in [2.05, 4.69) is 31.6 Å². The van der Waals surface area contributed by atoms with Gasteiger partial charge in [-0.15, -0.1) is 0 Å². The van der Waals surface area contributed by atoms with Crippen molar-refractivity contribution in [1.29, 1.82) is 0 Å². The Kier molecular flexibility index (Phi) is 6.55. The third-order valence-corrected chi connectivity index (χ3v) is 5.93. The quantitative estimate of drug-likeness (QED) is 0.513. The summed E-state index contributed by atoms with van der Waals surface area (Å²) in [6, 6.07) is 18.3. The van der Waals surface area contributed by atoms with Crippen LogP contribution in [0.1, 0.15) is 23.6 Å². The molecule has 0 aliphatic carbocycles. The summed E-state index contributed by atoms with van der Waals surface area (Å²) in [5.74, 6) is -0.899. The van der Waals surface area contributed by atoms with Gasteiger partial charge >= 0.3 is 6.03 Å². The summed E-state index contributed by atoms with van der Waals surface area (Å²) < 4.78 is 15.6. The molecule has 1 aliphatic heterocycles. The van der Waals surface area contributed by atoms with Crippen molar-refractivity contribution >= 4 is 45.0 Å². The van der Waals surface area contributed by atoms with Crippen LogP contribution in [0.2, 0.25) is 0 Å². The topological polar surface area (TPSA) is 73.8 Å². The van der Waals surface area contributed by atoms with E-state index in [0.29, 0.717) is 29.1 Å². The molecule has 0 saturated heterocycles. The molecule has 0 radical (unpaired) electrons. The van der Waals surface area contributed by atoms with Crippen molar-refractivity contribution < 1.29 is 14.0 Å². The van der Waals surface area contributed by atoms with Gasteiger partial charge in [0.2, 0.25) is 6.17 Å². The van der Waals surface area contributed by atoms with Gasteiger partial charge in [-0.2, -0.15) is 0 Å². The number of urea groups is 1. The van der Waals surface area contributed by atoms with Crippen LogP contribution < -0.4 is 15.5 Å². The predicted octanol–water partition coefficient (Wildman–Crippen LogP) is 5.11. The first kappa shape index (κ1) is 22.7. The molecule has 0 spiro atoms. The summed E-state index contributed by atoms with van der Waals surface area (Å²) in [4.78, 5) is 32.0. The van der Waals surface area contributed by atoms with Crippen molar-refractivity contribution in [3.63, 3.8) is 0 Å². The summed E-state index contributed by atoms with van der Waals surface area (Å²) in [6.45, 7) is 1.98. The van der Waals surface area contributed by atoms with Crippen LogP contribution in [0.4, 0.5) is 20.6 Å². The van der Waals surface area contributed by atoms with E-state index in [9.17, 15) is 14.0 Å². The molecule has 1 heterocycles. The SMILES string of the molecule is CCc1cc(Br)ccc1NC(=O)NC1N=C(c2ccccc2F)c2ccccc2N(C)C1=O. The zero-order chi connectivity index (χ0) is 23.5. The Morgan fingerprint density at radius 1 is 1.09 bits per heavy atom. The van der Waals surface area contributed by atoms with Crippen molar-refractivity contribution in [2.45, 2.75) is 19.5 Å². The van der Waals surface area contributed by atoms with Gasteiger partial charge in [0.25, 0.3) is 5.91 Å². The highest BCUT2D eigenvalue weighted by Crippen LogP contribution is 2.28. The Hall–Kier alpha value is -3.52. The molecule has 3 amide bonds. The smallest absolute Gasteiger partial charge is 0.311 e. The van der Waals surface area contributed by atoms with E-state index in [1.165, 1.54) is 11.0 Å². The van der Waals surface area contributed by atoms with Gasteiger partial charge in [-0.1, -0.05) is 53.2 Å². The minimum absolute atomic E-state index is 0.251. The summed E-state index contributed by atoms with van der Waals surface area (Å²) in [5.41, 5.74) is 3.30. The lowest BCUT2D eigenvalue weighted by molar-refractivity contribution is -0.119. The number of carbonyl (C=O) groups excluding carboxylic acids is 2. The lowest BCUT2D eigenvalue weighted by atomic mass is 10.00. The van der Waals surface area contributed by atoms with Gasteiger partial charge in [0.15, 0.2) is 0 Å². The van der Waals surface area contributed by atoms with Crippen LogP contribution in [0.5, 0.6) is 0 Å². The molecule has 168 valence electrons. The average Bonchev–Trinajstić information content (AvgIpc) is 2.91. The molecule has 0 fully saturated rings. The van der Waals surface area contributed by atoms with E-state index in [4.69, 9.17) is 0 Å². The van der Waals surface area contributed by atoms with E-state index in [1.54, 1.807) is 55.6 Å². The number of fused-ring (bicyclic) bond motifs is 1. The van der Waals surface area contributed by atoms with E-state index in [0.717, 1.165) is 10.0 Å². The van der Waals surface area contributed by atoms with Crippen LogP contribution in [0, 0.1) is 5.82 Å². The Morgan fingerprint density at radius 3 is 2.52 bits per heavy atom. The number of likely N-dealkylation sites (N-methyl/N-ethyl adjacent to an activating group) is 1. The standard InChI is InChI=1S/C25H22BrFN4O2/c1-3-15-14-16(26)12-13-20(15)28-25(33)30-23-24(32)31(2)21-11-7-5-9-18(21)22(29-23)17-8-4-6-10-19(17)27/h4-14,23H,3H2,1-2H3,(H2,28,30,33). The van der Waals surface area contributed by atoms with Gasteiger partial charge in [0.05, 0.1) is 11.4 Å². The number of anilines is 2. The Morgan fingerprint density at radius 2 is 1.79 bits per heavy atom. The first-order valence-corrected chi connectivity index (χ1v) is 11.2. The number of aryl methyl sites for hydroxylation is 1. The predicted molar refractivity (Wildman–Crippen MR) is 131 cm³/mol. The van der Waals surface area contributed by atoms with Gasteiger partial charge in [0.1, 0.15) is 5.82 Å². The Labute approximate surface area is 199 Å². The van der Waals surface area contributed by atoms with Gasteiger partial charge in [-0.25, -0.2) is 14.2 Å². The molecule has 0 saturated carbocycles. The normalized spacial score (nSPS) is 15.4. The molecule has 1 atom stereocenters. The highest BCUT2D eigenvalue weighted by atomic mass is 79.9. The maximum atomic E-state index is 14.7. The zero-order valence-electron chi connectivity index (χ0n) is 18.1. The number of aliphatic imine (C=N–C) groups is 1. The number of carbonyl (C=O) groups is 2. The van der Waals surface area contributed by atoms with E-state index in [-0.39, 0.29) is 5.56 Å². The Balaban J connectivity index is 1.71. The molecular weight excluding hydrogens is 487 g/mol. The van der Waals surface area contributed by atoms with Gasteiger partial charge in [-0.3, -0.25) is 4.79 Å². The molecule has 3 aromatic rings. The number of nitrogens with zero attached hydrogens (tertiary/aromatic N) is 2. The fourth-order valence-electron chi connectivity index (χ4n) is 3.74. The summed E-state index contributed by atoms with van der Waals surface area (Å²) in [7, 11) is 1.61. The van der Waals surface area contributed by atoms with Crippen molar-refractivity contribution in [1.82, 2.24) is 5.32 Å². The molecule has 4 rings (SSSR count). The first-order valence-electron chi connectivity index (χ1n) is 10.4. The summed E-state index contributed by atoms with van der Waals surface area (Å²) >= 11 is 3.43. The number of para-hydroxylation sites is 1. The van der Waals surface area contributed by atoms with Crippen LogP contribution in [-0.2, 0) is 11.2 Å². The van der Waals surface area contributed by atoms with Gasteiger partial charge in [-0.05, 0) is 48.4 Å². The second kappa shape index (κ2) is 9.54. The fraction of sp³-hybridized carbons (Fsp3) is 0.160. The lowest BCUT2D eigenvalue weighted by Gasteiger charge is -2.21. The fourth-order valence-corrected chi connectivity index (χ4v) is 4.15. The van der Waals surface area contributed by atoms with Crippen molar-refractivity contribution in [3.8, 4) is 0 Å². The van der Waals surface area contributed by atoms with Gasteiger partial charge < -0.3 is 15.5 Å². The summed E-state index contributed by atoms with van der Waals surface area (Å²) in [6.07, 6.45) is -0.525. The molecule has 2 N–H and O–H groups in total. The van der Waals surface area contributed by atoms with Crippen LogP contribution in [-0.4, -0.2) is 30.9 Å². The zero-order valence-corrected chi connectivity index (χ0v) is 19.7. The third kappa shape index (κ3) is 4.66. The average molecular weight is 509 g/mol. The monoisotopic (exact) mass is 508 g/mol. The molecule has 0 bridgehead atoms. The van der Waals surface area contributed by atoms with Crippen LogP contribution in [0.15, 0.2) is 76.2 Å².